The third-order valence-corrected chi connectivity index (χ3v) is 5.46. The molecule has 3 rings (SSSR count). The lowest BCUT2D eigenvalue weighted by molar-refractivity contribution is -0.138. The summed E-state index contributed by atoms with van der Waals surface area (Å²) in [6, 6.07) is 3.00. The van der Waals surface area contributed by atoms with E-state index in [1.807, 2.05) is 0 Å². The van der Waals surface area contributed by atoms with Crippen LogP contribution < -0.4 is 24.8 Å². The standard InChI is InChI=1S/C20H28F2N4O4/c1-23-19(25-11-20(6-4-5-7-20)17(27)26(2)3)24-10-13-8-15-16(29-12-28-15)9-14(13)30-18(21)22/h8-9,18H,4-7,10-12H2,1-3H3,(H2,23,24,25). The number of benzene rings is 1. The van der Waals surface area contributed by atoms with Gasteiger partial charge in [-0.2, -0.15) is 8.78 Å². The van der Waals surface area contributed by atoms with Crippen LogP contribution in [0.2, 0.25) is 0 Å². The summed E-state index contributed by atoms with van der Waals surface area (Å²) in [7, 11) is 5.14. The topological polar surface area (TPSA) is 84.4 Å². The molecule has 8 nitrogen and oxygen atoms in total. The molecule has 0 bridgehead atoms. The number of halogens is 2. The zero-order valence-corrected chi connectivity index (χ0v) is 17.5. The van der Waals surface area contributed by atoms with Gasteiger partial charge in [-0.1, -0.05) is 12.8 Å². The Hall–Kier alpha value is -2.78. The average molecular weight is 426 g/mol. The van der Waals surface area contributed by atoms with Gasteiger partial charge in [-0.05, 0) is 18.9 Å². The van der Waals surface area contributed by atoms with Crippen molar-refractivity contribution in [2.24, 2.45) is 10.4 Å². The number of amides is 1. The molecule has 0 saturated heterocycles. The van der Waals surface area contributed by atoms with E-state index in [1.165, 1.54) is 6.07 Å². The molecule has 0 radical (unpaired) electrons. The quantitative estimate of drug-likeness (QED) is 0.514. The minimum absolute atomic E-state index is 0.00671. The summed E-state index contributed by atoms with van der Waals surface area (Å²) in [5, 5.41) is 6.31. The van der Waals surface area contributed by atoms with Crippen LogP contribution in [-0.4, -0.2) is 57.9 Å². The molecule has 2 aliphatic rings. The van der Waals surface area contributed by atoms with Gasteiger partial charge in [0.15, 0.2) is 17.5 Å². The van der Waals surface area contributed by atoms with Crippen LogP contribution in [0, 0.1) is 5.41 Å². The minimum atomic E-state index is -2.96. The van der Waals surface area contributed by atoms with Gasteiger partial charge < -0.3 is 29.7 Å². The van der Waals surface area contributed by atoms with Gasteiger partial charge in [-0.25, -0.2) is 0 Å². The Balaban J connectivity index is 1.66. The number of nitrogens with one attached hydrogen (secondary N) is 2. The van der Waals surface area contributed by atoms with Crippen molar-refractivity contribution in [3.8, 4) is 17.2 Å². The number of nitrogens with zero attached hydrogens (tertiary/aromatic N) is 2. The van der Waals surface area contributed by atoms with Gasteiger partial charge >= 0.3 is 6.61 Å². The van der Waals surface area contributed by atoms with Crippen LogP contribution in [-0.2, 0) is 11.3 Å². The minimum Gasteiger partial charge on any atom is -0.454 e. The second-order valence-corrected chi connectivity index (χ2v) is 7.66. The van der Waals surface area contributed by atoms with Crippen molar-refractivity contribution in [2.75, 3.05) is 34.5 Å². The Labute approximate surface area is 174 Å². The number of alkyl halides is 2. The molecule has 1 saturated carbocycles. The Morgan fingerprint density at radius 2 is 1.90 bits per heavy atom. The third-order valence-electron chi connectivity index (χ3n) is 5.46. The molecule has 2 N–H and O–H groups in total. The fraction of sp³-hybridized carbons (Fsp3) is 0.600. The monoisotopic (exact) mass is 426 g/mol. The lowest BCUT2D eigenvalue weighted by Crippen LogP contribution is -2.49. The van der Waals surface area contributed by atoms with Crippen LogP contribution in [0.15, 0.2) is 17.1 Å². The van der Waals surface area contributed by atoms with Gasteiger partial charge in [-0.3, -0.25) is 9.79 Å². The molecule has 1 aliphatic heterocycles. The second-order valence-electron chi connectivity index (χ2n) is 7.66. The zero-order chi connectivity index (χ0) is 21.7. The first kappa shape index (κ1) is 21.9. The maximum atomic E-state index is 12.8. The van der Waals surface area contributed by atoms with Crippen LogP contribution in [0.5, 0.6) is 17.2 Å². The van der Waals surface area contributed by atoms with Crippen molar-refractivity contribution >= 4 is 11.9 Å². The number of hydrogen-bond donors (Lipinski definition) is 2. The molecular formula is C20H28F2N4O4. The number of carbonyl (C=O) groups is 1. The van der Waals surface area contributed by atoms with E-state index in [4.69, 9.17) is 9.47 Å². The van der Waals surface area contributed by atoms with Crippen molar-refractivity contribution in [1.82, 2.24) is 15.5 Å². The molecule has 1 fully saturated rings. The molecule has 1 amide bonds. The largest absolute Gasteiger partial charge is 0.454 e. The molecule has 1 aliphatic carbocycles. The van der Waals surface area contributed by atoms with E-state index in [0.717, 1.165) is 25.7 Å². The highest BCUT2D eigenvalue weighted by atomic mass is 19.3. The van der Waals surface area contributed by atoms with Crippen LogP contribution in [0.4, 0.5) is 8.78 Å². The number of fused-ring (bicyclic) bond motifs is 1. The van der Waals surface area contributed by atoms with E-state index in [0.29, 0.717) is 29.6 Å². The number of carbonyl (C=O) groups excluding carboxylic acids is 1. The van der Waals surface area contributed by atoms with E-state index in [-0.39, 0.29) is 25.0 Å². The van der Waals surface area contributed by atoms with Crippen LogP contribution in [0.25, 0.3) is 0 Å². The predicted octanol–water partition coefficient (Wildman–Crippen LogP) is 2.33. The summed E-state index contributed by atoms with van der Waals surface area (Å²) in [5.74, 6) is 1.41. The smallest absolute Gasteiger partial charge is 0.387 e. The summed E-state index contributed by atoms with van der Waals surface area (Å²) in [4.78, 5) is 18.5. The van der Waals surface area contributed by atoms with Crippen molar-refractivity contribution in [3.05, 3.63) is 17.7 Å². The Bertz CT molecular complexity index is 795. The van der Waals surface area contributed by atoms with Crippen LogP contribution in [0.3, 0.4) is 0 Å². The van der Waals surface area contributed by atoms with Crippen LogP contribution >= 0.6 is 0 Å². The van der Waals surface area contributed by atoms with E-state index in [2.05, 4.69) is 20.4 Å². The molecule has 1 aromatic rings. The molecule has 166 valence electrons. The summed E-state index contributed by atoms with van der Waals surface area (Å²) in [6.07, 6.45) is 3.67. The SMILES string of the molecule is CN=C(NCc1cc2c(cc1OC(F)F)OCO2)NCC1(C(=O)N(C)C)CCCC1. The van der Waals surface area contributed by atoms with Gasteiger partial charge in [0.05, 0.1) is 5.41 Å². The average Bonchev–Trinajstić information content (AvgIpc) is 3.36. The highest BCUT2D eigenvalue weighted by Gasteiger charge is 2.42. The van der Waals surface area contributed by atoms with Gasteiger partial charge in [0.1, 0.15) is 5.75 Å². The normalized spacial score (nSPS) is 17.2. The first-order valence-corrected chi connectivity index (χ1v) is 9.88. The summed E-state index contributed by atoms with van der Waals surface area (Å²) >= 11 is 0. The van der Waals surface area contributed by atoms with Gasteiger partial charge in [0.2, 0.25) is 12.7 Å². The first-order valence-electron chi connectivity index (χ1n) is 9.88. The Kier molecular flexibility index (Phi) is 6.84. The second kappa shape index (κ2) is 9.36. The molecule has 0 atom stereocenters. The first-order chi connectivity index (χ1) is 14.3. The van der Waals surface area contributed by atoms with Crippen LogP contribution in [0.1, 0.15) is 31.2 Å². The predicted molar refractivity (Wildman–Crippen MR) is 107 cm³/mol. The molecule has 0 unspecified atom stereocenters. The van der Waals surface area contributed by atoms with Gasteiger partial charge in [-0.15, -0.1) is 0 Å². The fourth-order valence-corrected chi connectivity index (χ4v) is 3.95. The number of hydrogen-bond acceptors (Lipinski definition) is 5. The Morgan fingerprint density at radius 1 is 1.23 bits per heavy atom. The zero-order valence-electron chi connectivity index (χ0n) is 17.5. The maximum absolute atomic E-state index is 12.8. The molecule has 1 aromatic carbocycles. The van der Waals surface area contributed by atoms with E-state index >= 15 is 0 Å². The molecular weight excluding hydrogens is 398 g/mol. The summed E-state index contributed by atoms with van der Waals surface area (Å²) in [6.45, 7) is -2.30. The molecule has 30 heavy (non-hydrogen) atoms. The number of ether oxygens (including phenoxy) is 3. The van der Waals surface area contributed by atoms with E-state index < -0.39 is 12.0 Å². The third kappa shape index (κ3) is 4.85. The van der Waals surface area contributed by atoms with Gasteiger partial charge in [0.25, 0.3) is 0 Å². The summed E-state index contributed by atoms with van der Waals surface area (Å²) in [5.41, 5.74) is 0.0199. The maximum Gasteiger partial charge on any atom is 0.387 e. The molecule has 0 spiro atoms. The number of aliphatic imine (C=N–C) groups is 1. The van der Waals surface area contributed by atoms with Crippen molar-refractivity contribution in [1.29, 1.82) is 0 Å². The van der Waals surface area contributed by atoms with E-state index in [1.54, 1.807) is 32.1 Å². The summed E-state index contributed by atoms with van der Waals surface area (Å²) < 4.78 is 40.8. The van der Waals surface area contributed by atoms with Crippen molar-refractivity contribution in [2.45, 2.75) is 38.8 Å². The molecule has 10 heteroatoms. The highest BCUT2D eigenvalue weighted by Crippen LogP contribution is 2.40. The fourth-order valence-electron chi connectivity index (χ4n) is 3.95. The number of rotatable bonds is 7. The van der Waals surface area contributed by atoms with E-state index in [9.17, 15) is 13.6 Å². The number of guanidine groups is 1. The van der Waals surface area contributed by atoms with Gasteiger partial charge in [0, 0.05) is 45.9 Å². The van der Waals surface area contributed by atoms with Crippen molar-refractivity contribution in [3.63, 3.8) is 0 Å². The molecule has 1 heterocycles. The Morgan fingerprint density at radius 3 is 2.50 bits per heavy atom. The lowest BCUT2D eigenvalue weighted by Gasteiger charge is -2.31. The van der Waals surface area contributed by atoms with Crippen molar-refractivity contribution < 1.29 is 27.8 Å². The molecule has 0 aromatic heterocycles. The lowest BCUT2D eigenvalue weighted by atomic mass is 9.84. The highest BCUT2D eigenvalue weighted by molar-refractivity contribution is 5.85.